The fraction of sp³-hybridized carbons (Fsp3) is 0.333. The van der Waals surface area contributed by atoms with E-state index < -0.39 is 242 Å². The average molecular weight is 2640 g/mol. The van der Waals surface area contributed by atoms with Gasteiger partial charge in [0, 0.05) is 17.5 Å². The Hall–Kier alpha value is 23.1. The predicted molar refractivity (Wildman–Crippen MR) is 704 cm³/mol. The molecule has 0 saturated heterocycles. The monoisotopic (exact) mass is 2640 g/mol. The zero-order valence-electron chi connectivity index (χ0n) is 59.2. The van der Waals surface area contributed by atoms with Crippen molar-refractivity contribution < 1.29 is 22.7 Å². The molecule has 0 bridgehead atoms. The van der Waals surface area contributed by atoms with Gasteiger partial charge >= 0.3 is 0 Å². The molecule has 0 aliphatic carbocycles. The Morgan fingerprint density at radius 3 is 1.15 bits per heavy atom. The van der Waals surface area contributed by atoms with E-state index in [0.717, 1.165) is 11.1 Å². The molecular formula is C33H95B6ClN3O5P61S. The molecule has 3 aromatic rings. The molecule has 0 aromatic heterocycles. The minimum Gasteiger partial charge on any atom is -0.368 e. The summed E-state index contributed by atoms with van der Waals surface area (Å²) in [6.07, 6.45) is 2.18. The van der Waals surface area contributed by atoms with E-state index >= 15 is 0 Å². The van der Waals surface area contributed by atoms with E-state index in [2.05, 4.69) is 255 Å². The Balaban J connectivity index is 0.000000622. The standard InChI is InChI=1S/C33H38ClN3O5S.B6H57P61/c1-22-10-8-9-13-28(22)43(40,41)37-29(33(2,3)4)19-25(31(37)24-14-16-26(34)17-15-24)20-42-21-30(38)36-27(32(35)39)18-23-11-6-5-7-12-23;1-35-38(6)54(39(7)8)62(55(40(9)10)41(11)12)66(63(56(42(13)14)43(15)16)57(44(17)18)45(19)20)67(64(58(46(21)22)47(23)24)59(48(25)26)49(27)28)65(60(50(29)30)51(31)32)61(52(33)34)53(36(2)3)37(4)5/h5-17,19,27,29,31H,18,20-21H2,1-4H3,(H2,35,39)(H,36,38);35H,7-34H2/t27-,29-,31-;/m0./s1. The molecule has 8 nitrogen and oxygen atoms in total. The minimum atomic E-state index is -3.98. The molecule has 110 heavy (non-hydrogen) atoms. The lowest BCUT2D eigenvalue weighted by Gasteiger charge is -2.61. The van der Waals surface area contributed by atoms with Gasteiger partial charge in [-0.15, -0.1) is 257 Å². The second-order valence-electron chi connectivity index (χ2n) is 22.4. The Bertz CT molecular complexity index is 3300. The van der Waals surface area contributed by atoms with Gasteiger partial charge in [-0.25, -0.2) is 8.42 Å². The van der Waals surface area contributed by atoms with Crippen LogP contribution >= 0.6 is 494 Å². The Morgan fingerprint density at radius 1 is 0.500 bits per heavy atom. The highest BCUT2D eigenvalue weighted by atomic mass is 35.5. The van der Waals surface area contributed by atoms with E-state index in [4.69, 9.17) is 67.5 Å². The van der Waals surface area contributed by atoms with Crippen LogP contribution in [0.1, 0.15) is 43.5 Å². The maximum atomic E-state index is 14.3. The Kier molecular flexibility index (Phi) is 75.1. The van der Waals surface area contributed by atoms with Gasteiger partial charge in [0.25, 0.3) is 0 Å². The summed E-state index contributed by atoms with van der Waals surface area (Å²) in [5.41, 5.74) is 8.01. The zero-order valence-corrected chi connectivity index (χ0v) is 123. The van der Waals surface area contributed by atoms with Gasteiger partial charge in [-0.05, 0) is 248 Å². The number of ether oxygens (including phenoxy) is 1. The number of amides is 2. The van der Waals surface area contributed by atoms with Crippen LogP contribution in [0.4, 0.5) is 0 Å². The predicted octanol–water partition coefficient (Wildman–Crippen LogP) is 40.0. The van der Waals surface area contributed by atoms with Gasteiger partial charge in [0.2, 0.25) is 21.8 Å². The number of rotatable bonds is 43. The highest BCUT2D eigenvalue weighted by Gasteiger charge is 2.63. The number of hydrogen-bond acceptors (Lipinski definition) is 5. The first-order valence-corrected chi connectivity index (χ1v) is 143. The molecule has 1 aliphatic heterocycles. The maximum absolute atomic E-state index is 14.3. The summed E-state index contributed by atoms with van der Waals surface area (Å²) in [6, 6.07) is 21.1. The molecule has 2 amide bonds. The van der Waals surface area contributed by atoms with Crippen LogP contribution in [0.3, 0.4) is 0 Å². The first-order chi connectivity index (χ1) is 50.8. The molecule has 77 heteroatoms. The third kappa shape index (κ3) is 40.5. The molecule has 0 spiro atoms. The summed E-state index contributed by atoms with van der Waals surface area (Å²) in [5, 5.41) is 3.18. The molecule has 1 heterocycles. The van der Waals surface area contributed by atoms with Crippen LogP contribution in [-0.2, 0) is 30.8 Å². The van der Waals surface area contributed by atoms with Crippen LogP contribution in [0, 0.1) is 12.3 Å². The maximum Gasteiger partial charge on any atom is 0.246 e. The number of carbonyl (C=O) groups is 2. The zero-order chi connectivity index (χ0) is 84.5. The van der Waals surface area contributed by atoms with Gasteiger partial charge in [-0.2, -0.15) is 27.2 Å². The van der Waals surface area contributed by atoms with E-state index in [1.165, 1.54) is 0 Å². The van der Waals surface area contributed by atoms with Crippen molar-refractivity contribution in [2.45, 2.75) is 57.1 Å². The van der Waals surface area contributed by atoms with E-state index in [-0.39, 0.29) is 52.5 Å². The van der Waals surface area contributed by atoms with Crippen molar-refractivity contribution in [3.63, 3.8) is 0 Å². The number of sulfonamides is 1. The molecular weight excluding hydrogens is 2540 g/mol. The molecule has 3 aromatic carbocycles. The van der Waals surface area contributed by atoms with Gasteiger partial charge in [0.15, 0.2) is 0 Å². The molecule has 12 radical (unpaired) electrons. The smallest absolute Gasteiger partial charge is 0.246 e. The summed E-state index contributed by atoms with van der Waals surface area (Å²) in [7, 11) is 135. The first-order valence-electron chi connectivity index (χ1n) is 29.3. The van der Waals surface area contributed by atoms with E-state index in [9.17, 15) is 18.0 Å². The van der Waals surface area contributed by atoms with E-state index in [1.54, 1.807) is 53.7 Å². The number of benzene rings is 3. The Labute approximate surface area is 777 Å². The van der Waals surface area contributed by atoms with Gasteiger partial charge < -0.3 is 15.8 Å². The number of nitrogens with zero attached hydrogens (tertiary/aromatic N) is 1. The second-order valence-corrected chi connectivity index (χ2v) is 277. The molecule has 0 saturated carbocycles. The summed E-state index contributed by atoms with van der Waals surface area (Å²) < 4.78 is 36.1. The number of aryl methyl sites for hydroxylation is 1. The topological polar surface area (TPSA) is 119 Å². The van der Waals surface area contributed by atoms with Crippen LogP contribution in [0.25, 0.3) is 0 Å². The number of hydrogen-bond donors (Lipinski definition) is 2. The van der Waals surface area contributed by atoms with E-state index in [1.807, 2.05) is 63.2 Å². The van der Waals surface area contributed by atoms with Crippen LogP contribution in [0.15, 0.2) is 95.4 Å². The van der Waals surface area contributed by atoms with Gasteiger partial charge in [-0.3, -0.25) is 9.59 Å². The highest BCUT2D eigenvalue weighted by molar-refractivity contribution is 9.55. The fourth-order valence-corrected chi connectivity index (χ4v) is 902. The van der Waals surface area contributed by atoms with Crippen molar-refractivity contribution >= 4 is 562 Å². The van der Waals surface area contributed by atoms with Crippen LogP contribution < -0.4 is 11.1 Å². The number of carbonyl (C=O) groups excluding carboxylic acids is 2. The lowest BCUT2D eigenvalue weighted by atomic mass is 9.87. The summed E-state index contributed by atoms with van der Waals surface area (Å²) in [6.45, 7) is -6.61. The van der Waals surface area contributed by atoms with Gasteiger partial charge in [0.1, 0.15) is 58.0 Å². The molecule has 0 fully saturated rings. The lowest BCUT2D eigenvalue weighted by molar-refractivity contribution is -0.130. The molecule has 608 valence electrons. The number of halogens is 1. The normalized spacial score (nSPS) is 17.8. The largest absolute Gasteiger partial charge is 0.368 e. The van der Waals surface area contributed by atoms with E-state index in [0.29, 0.717) is 24.3 Å². The fourth-order valence-electron chi connectivity index (χ4n) is 9.29. The van der Waals surface area contributed by atoms with Crippen molar-refractivity contribution in [2.75, 3.05) is 13.2 Å². The second kappa shape index (κ2) is 64.9. The van der Waals surface area contributed by atoms with Crippen LogP contribution in [0.2, 0.25) is 5.02 Å². The van der Waals surface area contributed by atoms with Crippen molar-refractivity contribution in [3.05, 3.63) is 112 Å². The van der Waals surface area contributed by atoms with Crippen LogP contribution in [0.5, 0.6) is 0 Å². The van der Waals surface area contributed by atoms with Gasteiger partial charge in [0.05, 0.1) is 17.5 Å². The summed E-state index contributed by atoms with van der Waals surface area (Å²) in [4.78, 5) is 25.1. The SMILES string of the molecule is Cc1ccccc1S(=O)(=O)N1[C@@H](c2ccc(Cl)cc2)C(COCC(=O)N[C@@H](Cc2ccccc2)C(N)=O)=C[C@H]1C(C)(C)C.[B]PP([B])P(P(P)P)P(P(P(P)P)P(P)P)P(P(P(P(P)P)P(P)P)P(P(P)P)P(P)P)P(P(P(P(P)P)P(P)P)P(P(P)P)P(P)P)P(P(P(P)P)P(P)P)P(P(P)P)P(P([B])[B])P([B])[B]. The van der Waals surface area contributed by atoms with Crippen molar-refractivity contribution in [1.29, 1.82) is 0 Å². The third-order valence-electron chi connectivity index (χ3n) is 13.3. The summed E-state index contributed by atoms with van der Waals surface area (Å²) >= 11 is 6.18. The Morgan fingerprint density at radius 2 is 0.827 bits per heavy atom. The summed E-state index contributed by atoms with van der Waals surface area (Å²) in [5.74, 6) is -1.15. The molecule has 3 N–H and O–H groups in total. The third-order valence-corrected chi connectivity index (χ3v) is 449. The molecule has 4 rings (SSSR count). The van der Waals surface area contributed by atoms with Crippen molar-refractivity contribution in [1.82, 2.24) is 9.62 Å². The average Bonchev–Trinajstić information content (AvgIpc) is 1.01. The van der Waals surface area contributed by atoms with Crippen molar-refractivity contribution in [3.8, 4) is 0 Å². The molecule has 39 atom stereocenters. The highest BCUT2D eigenvalue weighted by Crippen LogP contribution is 3.49. The quantitative estimate of drug-likeness (QED) is 0.0332. The van der Waals surface area contributed by atoms with Crippen LogP contribution in [-0.4, -0.2) is 95.2 Å². The number of nitrogens with one attached hydrogen (secondary N) is 1. The first kappa shape index (κ1) is 127. The lowest BCUT2D eigenvalue weighted by Crippen LogP contribution is -2.47. The van der Waals surface area contributed by atoms with Crippen molar-refractivity contribution in [2.24, 2.45) is 11.1 Å². The van der Waals surface area contributed by atoms with Gasteiger partial charge in [-0.1, -0.05) is 106 Å². The molecule has 36 unspecified atom stereocenters. The number of primary amides is 1. The molecule has 1 aliphatic rings. The minimum absolute atomic E-state index is 0.00694. The number of nitrogens with two attached hydrogens (primary N) is 1.